The van der Waals surface area contributed by atoms with Crippen molar-refractivity contribution in [2.24, 2.45) is 0 Å². The van der Waals surface area contributed by atoms with Crippen molar-refractivity contribution in [3.05, 3.63) is 66.2 Å². The van der Waals surface area contributed by atoms with E-state index in [-0.39, 0.29) is 5.69 Å². The highest BCUT2D eigenvalue weighted by molar-refractivity contribution is 5.45. The fourth-order valence-corrected chi connectivity index (χ4v) is 1.37. The van der Waals surface area contributed by atoms with Crippen LogP contribution in [-0.2, 0) is 6.42 Å². The molecule has 0 heterocycles. The lowest BCUT2D eigenvalue weighted by Crippen LogP contribution is -2.20. The van der Waals surface area contributed by atoms with Crippen LogP contribution in [0.1, 0.15) is 12.5 Å². The van der Waals surface area contributed by atoms with E-state index in [2.05, 4.69) is 0 Å². The number of anilines is 1. The second-order valence-electron chi connectivity index (χ2n) is 3.83. The van der Waals surface area contributed by atoms with Gasteiger partial charge in [0, 0.05) is 5.69 Å². The molecule has 0 fully saturated rings. The van der Waals surface area contributed by atoms with E-state index < -0.39 is 6.30 Å². The highest BCUT2D eigenvalue weighted by Gasteiger charge is 2.26. The number of benzene rings is 2. The third-order valence-corrected chi connectivity index (χ3v) is 2.31. The maximum Gasteiger partial charge on any atom is 0.482 e. The number of halogens is 3. The molecule has 0 saturated carbocycles. The van der Waals surface area contributed by atoms with Gasteiger partial charge in [-0.2, -0.15) is 13.2 Å². The van der Waals surface area contributed by atoms with E-state index in [9.17, 15) is 13.2 Å². The quantitative estimate of drug-likeness (QED) is 0.766. The van der Waals surface area contributed by atoms with Crippen molar-refractivity contribution in [2.45, 2.75) is 19.6 Å². The van der Waals surface area contributed by atoms with Crippen molar-refractivity contribution in [1.29, 1.82) is 0 Å². The van der Waals surface area contributed by atoms with Crippen LogP contribution < -0.4 is 5.32 Å². The van der Waals surface area contributed by atoms with Gasteiger partial charge in [0.1, 0.15) is 0 Å². The lowest BCUT2D eigenvalue weighted by atomic mass is 10.1. The normalized spacial score (nSPS) is 10.3. The summed E-state index contributed by atoms with van der Waals surface area (Å²) in [6, 6.07) is 18.2. The summed E-state index contributed by atoms with van der Waals surface area (Å²) in [5, 5.41) is 1.43. The highest BCUT2D eigenvalue weighted by atomic mass is 19.4. The number of rotatable bonds is 2. The summed E-state index contributed by atoms with van der Waals surface area (Å²) in [4.78, 5) is 0. The predicted octanol–water partition coefficient (Wildman–Crippen LogP) is 4.87. The minimum absolute atomic E-state index is 0.0738. The first-order valence-electron chi connectivity index (χ1n) is 5.95. The third kappa shape index (κ3) is 7.13. The van der Waals surface area contributed by atoms with Gasteiger partial charge in [-0.05, 0) is 24.1 Å². The average molecular weight is 267 g/mol. The minimum atomic E-state index is -4.35. The minimum Gasteiger partial charge on any atom is -0.298 e. The second-order valence-corrected chi connectivity index (χ2v) is 3.83. The highest BCUT2D eigenvalue weighted by Crippen LogP contribution is 2.19. The number of hydrogen-bond acceptors (Lipinski definition) is 1. The maximum absolute atomic E-state index is 11.8. The smallest absolute Gasteiger partial charge is 0.298 e. The lowest BCUT2D eigenvalue weighted by Gasteiger charge is -2.09. The molecule has 0 bridgehead atoms. The van der Waals surface area contributed by atoms with Gasteiger partial charge in [-0.3, -0.25) is 5.32 Å². The van der Waals surface area contributed by atoms with E-state index in [0.29, 0.717) is 0 Å². The fraction of sp³-hybridized carbons (Fsp3) is 0.200. The Kier molecular flexibility index (Phi) is 5.93. The number of alkyl halides is 3. The Hall–Kier alpha value is -1.97. The van der Waals surface area contributed by atoms with Gasteiger partial charge in [-0.15, -0.1) is 0 Å². The summed E-state index contributed by atoms with van der Waals surface area (Å²) in [5.74, 6) is 0. The number of hydrogen-bond donors (Lipinski definition) is 1. The SMILES string of the molecule is CCc1ccc(NC(F)(F)F)cc1.c1ccccc1. The number of nitrogens with one attached hydrogen (secondary N) is 1. The molecule has 0 amide bonds. The molecule has 1 N–H and O–H groups in total. The number of aryl methyl sites for hydroxylation is 1. The zero-order valence-corrected chi connectivity index (χ0v) is 10.6. The molecule has 0 atom stereocenters. The molecule has 0 saturated heterocycles. The van der Waals surface area contributed by atoms with Gasteiger partial charge in [-0.1, -0.05) is 55.5 Å². The summed E-state index contributed by atoms with van der Waals surface area (Å²) in [7, 11) is 0. The summed E-state index contributed by atoms with van der Waals surface area (Å²) in [5.41, 5.74) is 1.09. The molecule has 0 aromatic heterocycles. The van der Waals surface area contributed by atoms with Crippen LogP contribution in [0.3, 0.4) is 0 Å². The fourth-order valence-electron chi connectivity index (χ4n) is 1.37. The van der Waals surface area contributed by atoms with Crippen molar-refractivity contribution in [1.82, 2.24) is 0 Å². The van der Waals surface area contributed by atoms with Crippen molar-refractivity contribution in [3.63, 3.8) is 0 Å². The standard InChI is InChI=1S/C9H10F3N.C6H6/c1-2-7-3-5-8(6-4-7)13-9(10,11)12;1-2-4-6-5-3-1/h3-6,13H,2H2,1H3;1-6H. The first kappa shape index (κ1) is 15.1. The Balaban J connectivity index is 0.000000250. The van der Waals surface area contributed by atoms with Crippen LogP contribution in [0, 0.1) is 0 Å². The molecule has 2 rings (SSSR count). The Labute approximate surface area is 111 Å². The van der Waals surface area contributed by atoms with E-state index in [1.54, 1.807) is 12.1 Å². The molecule has 4 heteroatoms. The van der Waals surface area contributed by atoms with E-state index in [1.165, 1.54) is 17.4 Å². The van der Waals surface area contributed by atoms with Crippen molar-refractivity contribution in [2.75, 3.05) is 5.32 Å². The molecule has 0 aliphatic heterocycles. The van der Waals surface area contributed by atoms with Crippen LogP contribution >= 0.6 is 0 Å². The molecule has 0 spiro atoms. The van der Waals surface area contributed by atoms with Crippen LogP contribution in [0.25, 0.3) is 0 Å². The van der Waals surface area contributed by atoms with Crippen LogP contribution in [0.2, 0.25) is 0 Å². The monoisotopic (exact) mass is 267 g/mol. The molecular weight excluding hydrogens is 251 g/mol. The molecule has 2 aromatic carbocycles. The summed E-state index contributed by atoms with van der Waals surface area (Å²) in [6.45, 7) is 1.95. The molecule has 2 aromatic rings. The summed E-state index contributed by atoms with van der Waals surface area (Å²) < 4.78 is 35.4. The maximum atomic E-state index is 11.8. The summed E-state index contributed by atoms with van der Waals surface area (Å²) in [6.07, 6.45) is -3.53. The van der Waals surface area contributed by atoms with Crippen molar-refractivity contribution < 1.29 is 13.2 Å². The molecular formula is C15H16F3N. The molecule has 19 heavy (non-hydrogen) atoms. The molecule has 1 nitrogen and oxygen atoms in total. The third-order valence-electron chi connectivity index (χ3n) is 2.31. The molecule has 0 aliphatic carbocycles. The van der Waals surface area contributed by atoms with E-state index in [0.717, 1.165) is 12.0 Å². The first-order valence-corrected chi connectivity index (χ1v) is 5.95. The second kappa shape index (κ2) is 7.46. The van der Waals surface area contributed by atoms with E-state index in [1.807, 2.05) is 43.3 Å². The van der Waals surface area contributed by atoms with Gasteiger partial charge in [0.25, 0.3) is 0 Å². The van der Waals surface area contributed by atoms with Gasteiger partial charge < -0.3 is 0 Å². The van der Waals surface area contributed by atoms with E-state index in [4.69, 9.17) is 0 Å². The van der Waals surface area contributed by atoms with Gasteiger partial charge in [-0.25, -0.2) is 0 Å². The van der Waals surface area contributed by atoms with Crippen molar-refractivity contribution in [3.8, 4) is 0 Å². The average Bonchev–Trinajstić information content (AvgIpc) is 2.40. The van der Waals surface area contributed by atoms with Gasteiger partial charge in [0.15, 0.2) is 0 Å². The lowest BCUT2D eigenvalue weighted by molar-refractivity contribution is -0.0999. The van der Waals surface area contributed by atoms with E-state index >= 15 is 0 Å². The molecule has 102 valence electrons. The molecule has 0 radical (unpaired) electrons. The Bertz CT molecular complexity index is 422. The van der Waals surface area contributed by atoms with Gasteiger partial charge in [0.2, 0.25) is 0 Å². The van der Waals surface area contributed by atoms with Gasteiger partial charge in [0.05, 0.1) is 0 Å². The van der Waals surface area contributed by atoms with Crippen LogP contribution in [-0.4, -0.2) is 6.30 Å². The van der Waals surface area contributed by atoms with Crippen LogP contribution in [0.4, 0.5) is 18.9 Å². The Morgan fingerprint density at radius 1 is 0.842 bits per heavy atom. The van der Waals surface area contributed by atoms with Crippen molar-refractivity contribution >= 4 is 5.69 Å². The Morgan fingerprint density at radius 3 is 1.58 bits per heavy atom. The largest absolute Gasteiger partial charge is 0.482 e. The molecule has 0 unspecified atom stereocenters. The zero-order chi connectivity index (χ0) is 14.1. The molecule has 0 aliphatic rings. The first-order chi connectivity index (χ1) is 9.01. The van der Waals surface area contributed by atoms with Crippen LogP contribution in [0.15, 0.2) is 60.7 Å². The topological polar surface area (TPSA) is 12.0 Å². The van der Waals surface area contributed by atoms with Gasteiger partial charge >= 0.3 is 6.30 Å². The zero-order valence-electron chi connectivity index (χ0n) is 10.6. The summed E-state index contributed by atoms with van der Waals surface area (Å²) >= 11 is 0. The Morgan fingerprint density at radius 2 is 1.26 bits per heavy atom. The predicted molar refractivity (Wildman–Crippen MR) is 71.9 cm³/mol. The van der Waals surface area contributed by atoms with Crippen LogP contribution in [0.5, 0.6) is 0 Å².